The topological polar surface area (TPSA) is 12.9 Å². The van der Waals surface area contributed by atoms with E-state index in [4.69, 9.17) is 4.98 Å². The molecule has 2 heterocycles. The normalized spacial score (nSPS) is 13.2. The van der Waals surface area contributed by atoms with Gasteiger partial charge in [-0.25, -0.2) is 0 Å². The highest BCUT2D eigenvalue weighted by molar-refractivity contribution is 7.26. The Morgan fingerprint density at radius 1 is 0.806 bits per heavy atom. The van der Waals surface area contributed by atoms with Crippen LogP contribution in [0.3, 0.4) is 0 Å². The highest BCUT2D eigenvalue weighted by Crippen LogP contribution is 2.45. The summed E-state index contributed by atoms with van der Waals surface area (Å²) in [6, 6.07) is 18.7. The Kier molecular flexibility index (Phi) is 5.71. The van der Waals surface area contributed by atoms with Gasteiger partial charge in [-0.1, -0.05) is 71.0 Å². The van der Waals surface area contributed by atoms with Gasteiger partial charge in [0, 0.05) is 27.2 Å². The van der Waals surface area contributed by atoms with Gasteiger partial charge in [0.25, 0.3) is 0 Å². The van der Waals surface area contributed by atoms with Crippen LogP contribution < -0.4 is 0 Å². The number of nitrogens with zero attached hydrogens (tertiary/aromatic N) is 1. The van der Waals surface area contributed by atoms with Gasteiger partial charge in [0.05, 0.1) is 15.8 Å². The first-order chi connectivity index (χ1) is 16.8. The Labute approximate surface area is 214 Å². The molecule has 0 atom stereocenters. The molecule has 0 unspecified atom stereocenters. The number of fused-ring (bicyclic) bond motifs is 4. The molecule has 0 aliphatic rings. The summed E-state index contributed by atoms with van der Waals surface area (Å²) in [6.45, 7) is 11.2. The second kappa shape index (κ2) is 8.31. The number of halogens is 3. The molecule has 0 saturated carbocycles. The number of alkyl halides is 3. The van der Waals surface area contributed by atoms with Gasteiger partial charge in [-0.2, -0.15) is 13.2 Å². The predicted molar refractivity (Wildman–Crippen MR) is 147 cm³/mol. The zero-order chi connectivity index (χ0) is 26.0. The molecule has 2 aromatic heterocycles. The summed E-state index contributed by atoms with van der Waals surface area (Å²) in [4.78, 5) is 4.81. The molecule has 0 spiro atoms. The van der Waals surface area contributed by atoms with Crippen LogP contribution in [-0.2, 0) is 11.8 Å². The number of hydrogen-bond acceptors (Lipinski definition) is 2. The lowest BCUT2D eigenvalue weighted by Crippen LogP contribution is -2.34. The average molecular weight is 506 g/mol. The summed E-state index contributed by atoms with van der Waals surface area (Å²) in [5.41, 5.74) is 3.08. The van der Waals surface area contributed by atoms with E-state index in [9.17, 15) is 13.2 Å². The molecule has 0 aliphatic carbocycles. The van der Waals surface area contributed by atoms with Crippen molar-refractivity contribution >= 4 is 42.3 Å². The first-order valence-electron chi connectivity index (χ1n) is 12.2. The predicted octanol–water partition coefficient (Wildman–Crippen LogP) is 10.0. The fourth-order valence-electron chi connectivity index (χ4n) is 4.98. The average Bonchev–Trinajstić information content (AvgIpc) is 3.18. The summed E-state index contributed by atoms with van der Waals surface area (Å²) in [6.07, 6.45) is -2.46. The molecule has 0 fully saturated rings. The largest absolute Gasteiger partial charge is 0.394 e. The third-order valence-corrected chi connectivity index (χ3v) is 8.61. The van der Waals surface area contributed by atoms with Crippen LogP contribution in [0.4, 0.5) is 13.2 Å². The van der Waals surface area contributed by atoms with Crippen molar-refractivity contribution in [3.63, 3.8) is 0 Å². The van der Waals surface area contributed by atoms with Crippen molar-refractivity contribution in [2.24, 2.45) is 5.41 Å². The molecule has 36 heavy (non-hydrogen) atoms. The van der Waals surface area contributed by atoms with E-state index < -0.39 is 11.6 Å². The molecule has 5 aromatic rings. The van der Waals surface area contributed by atoms with Crippen LogP contribution in [0.5, 0.6) is 0 Å². The van der Waals surface area contributed by atoms with Gasteiger partial charge in [0.15, 0.2) is 0 Å². The maximum atomic E-state index is 13.6. The van der Waals surface area contributed by atoms with Crippen molar-refractivity contribution in [1.29, 1.82) is 0 Å². The zero-order valence-corrected chi connectivity index (χ0v) is 22.3. The highest BCUT2D eigenvalue weighted by atomic mass is 32.1. The fourth-order valence-corrected chi connectivity index (χ4v) is 6.31. The van der Waals surface area contributed by atoms with E-state index in [-0.39, 0.29) is 11.8 Å². The van der Waals surface area contributed by atoms with Crippen molar-refractivity contribution in [3.8, 4) is 11.3 Å². The molecule has 0 bridgehead atoms. The molecule has 0 aliphatic heterocycles. The SMILES string of the molecule is Cc1c(CC(C)(C)C(F)(F)F)ccc2c1sc1c(-c3cc(C(C)(C)C)c4ccccc4c3)nccc12. The Morgan fingerprint density at radius 2 is 1.50 bits per heavy atom. The van der Waals surface area contributed by atoms with Crippen LogP contribution in [0.15, 0.2) is 60.8 Å². The molecule has 0 saturated heterocycles. The maximum absolute atomic E-state index is 13.6. The molecule has 3 aromatic carbocycles. The van der Waals surface area contributed by atoms with Gasteiger partial charge in [-0.15, -0.1) is 11.3 Å². The summed E-state index contributed by atoms with van der Waals surface area (Å²) in [5.74, 6) is 0. The van der Waals surface area contributed by atoms with Gasteiger partial charge < -0.3 is 0 Å². The Morgan fingerprint density at radius 3 is 2.19 bits per heavy atom. The van der Waals surface area contributed by atoms with Gasteiger partial charge >= 0.3 is 6.18 Å². The molecule has 0 radical (unpaired) electrons. The lowest BCUT2D eigenvalue weighted by atomic mass is 9.82. The molecular weight excluding hydrogens is 475 g/mol. The third kappa shape index (κ3) is 4.07. The lowest BCUT2D eigenvalue weighted by molar-refractivity contribution is -0.211. The molecule has 0 amide bonds. The van der Waals surface area contributed by atoms with Crippen LogP contribution in [0.2, 0.25) is 0 Å². The third-order valence-electron chi connectivity index (χ3n) is 7.26. The molecule has 0 N–H and O–H groups in total. The van der Waals surface area contributed by atoms with E-state index in [1.165, 1.54) is 30.2 Å². The molecule has 5 rings (SSSR count). The summed E-state index contributed by atoms with van der Waals surface area (Å²) >= 11 is 1.63. The van der Waals surface area contributed by atoms with E-state index in [2.05, 4.69) is 57.2 Å². The van der Waals surface area contributed by atoms with Crippen LogP contribution in [-0.4, -0.2) is 11.2 Å². The van der Waals surface area contributed by atoms with Crippen LogP contribution >= 0.6 is 11.3 Å². The van der Waals surface area contributed by atoms with E-state index >= 15 is 0 Å². The van der Waals surface area contributed by atoms with Gasteiger partial charge in [-0.3, -0.25) is 4.98 Å². The zero-order valence-electron chi connectivity index (χ0n) is 21.5. The standard InChI is InChI=1S/C31H30F3NS/c1-18-20(17-30(5,6)31(32,33)34)11-12-23-24-13-14-35-26(28(24)36-27(18)23)21-15-19-9-7-8-10-22(19)25(16-21)29(2,3)4/h7-16H,17H2,1-6H3. The van der Waals surface area contributed by atoms with E-state index in [0.717, 1.165) is 42.6 Å². The first kappa shape index (κ1) is 24.8. The summed E-state index contributed by atoms with van der Waals surface area (Å²) in [5, 5.41) is 4.58. The van der Waals surface area contributed by atoms with Crippen LogP contribution in [0, 0.1) is 12.3 Å². The Hall–Kier alpha value is -2.92. The van der Waals surface area contributed by atoms with Gasteiger partial charge in [-0.05, 0) is 64.4 Å². The van der Waals surface area contributed by atoms with Crippen LogP contribution in [0.25, 0.3) is 42.2 Å². The monoisotopic (exact) mass is 505 g/mol. The second-order valence-corrected chi connectivity index (χ2v) is 12.4. The Balaban J connectivity index is 1.72. The maximum Gasteiger partial charge on any atom is 0.394 e. The van der Waals surface area contributed by atoms with Crippen molar-refractivity contribution in [1.82, 2.24) is 4.98 Å². The molecule has 1 nitrogen and oxygen atoms in total. The summed E-state index contributed by atoms with van der Waals surface area (Å²) < 4.78 is 42.9. The van der Waals surface area contributed by atoms with Crippen LogP contribution in [0.1, 0.15) is 51.3 Å². The molecule has 5 heteroatoms. The lowest BCUT2D eigenvalue weighted by Gasteiger charge is -2.28. The number of hydrogen-bond donors (Lipinski definition) is 0. The number of rotatable bonds is 3. The van der Waals surface area contributed by atoms with Crippen molar-refractivity contribution in [3.05, 3.63) is 77.5 Å². The van der Waals surface area contributed by atoms with E-state index in [1.54, 1.807) is 11.3 Å². The van der Waals surface area contributed by atoms with E-state index in [1.807, 2.05) is 31.3 Å². The Bertz CT molecular complexity index is 1620. The number of benzene rings is 3. The minimum atomic E-state index is -4.26. The number of aromatic nitrogens is 1. The van der Waals surface area contributed by atoms with E-state index in [0.29, 0.717) is 0 Å². The number of aryl methyl sites for hydroxylation is 1. The quantitative estimate of drug-likeness (QED) is 0.238. The minimum Gasteiger partial charge on any atom is -0.255 e. The first-order valence-corrected chi connectivity index (χ1v) is 13.0. The highest BCUT2D eigenvalue weighted by Gasteiger charge is 2.47. The second-order valence-electron chi connectivity index (χ2n) is 11.4. The van der Waals surface area contributed by atoms with Crippen molar-refractivity contribution in [2.75, 3.05) is 0 Å². The smallest absolute Gasteiger partial charge is 0.255 e. The van der Waals surface area contributed by atoms with Crippen molar-refractivity contribution < 1.29 is 13.2 Å². The van der Waals surface area contributed by atoms with Crippen molar-refractivity contribution in [2.45, 2.75) is 59.6 Å². The minimum absolute atomic E-state index is 0.0412. The molecular formula is C31H30F3NS. The molecule has 186 valence electrons. The fraction of sp³-hybridized carbons (Fsp3) is 0.323. The number of thiophene rings is 1. The summed E-state index contributed by atoms with van der Waals surface area (Å²) in [7, 11) is 0. The van der Waals surface area contributed by atoms with Gasteiger partial charge in [0.1, 0.15) is 0 Å². The van der Waals surface area contributed by atoms with Gasteiger partial charge in [0.2, 0.25) is 0 Å². The number of pyridine rings is 1.